The zero-order valence-electron chi connectivity index (χ0n) is 18.1. The summed E-state index contributed by atoms with van der Waals surface area (Å²) in [5, 5.41) is 0. The van der Waals surface area contributed by atoms with Crippen molar-refractivity contribution < 1.29 is 19.1 Å². The van der Waals surface area contributed by atoms with E-state index in [1.165, 1.54) is 28.7 Å². The highest BCUT2D eigenvalue weighted by Gasteiger charge is 2.23. The Morgan fingerprint density at radius 3 is 2.81 bits per heavy atom. The molecule has 0 radical (unpaired) electrons. The van der Waals surface area contributed by atoms with Crippen molar-refractivity contribution in [3.63, 3.8) is 0 Å². The number of hydrogen-bond donors (Lipinski definition) is 0. The summed E-state index contributed by atoms with van der Waals surface area (Å²) in [6.45, 7) is 1.80. The van der Waals surface area contributed by atoms with Crippen molar-refractivity contribution in [2.75, 3.05) is 43.8 Å². The van der Waals surface area contributed by atoms with Crippen LogP contribution in [0.4, 0.5) is 5.69 Å². The smallest absolute Gasteiger partial charge is 0.258 e. The molecule has 0 spiro atoms. The monoisotopic (exact) mass is 471 g/mol. The minimum Gasteiger partial charge on any atom is -0.497 e. The van der Waals surface area contributed by atoms with Crippen molar-refractivity contribution in [2.24, 2.45) is 4.99 Å². The first-order valence-electron chi connectivity index (χ1n) is 10.3. The Labute approximate surface area is 194 Å². The van der Waals surface area contributed by atoms with Crippen molar-refractivity contribution in [2.45, 2.75) is 13.0 Å². The van der Waals surface area contributed by atoms with Gasteiger partial charge in [-0.25, -0.2) is 0 Å². The maximum atomic E-state index is 12.6. The fraction of sp³-hybridized carbons (Fsp3) is 0.348. The molecule has 1 aromatic heterocycles. The highest BCUT2D eigenvalue weighted by Crippen LogP contribution is 2.28. The first-order chi connectivity index (χ1) is 15.6. The van der Waals surface area contributed by atoms with Crippen molar-refractivity contribution in [3.05, 3.63) is 52.8 Å². The molecule has 2 amide bonds. The van der Waals surface area contributed by atoms with E-state index in [-0.39, 0.29) is 23.3 Å². The quantitative estimate of drug-likeness (QED) is 0.505. The minimum absolute atomic E-state index is 0.0249. The number of ether oxygens (including phenoxy) is 2. The molecule has 32 heavy (non-hydrogen) atoms. The van der Waals surface area contributed by atoms with Crippen molar-refractivity contribution in [1.29, 1.82) is 0 Å². The van der Waals surface area contributed by atoms with Gasteiger partial charge in [-0.1, -0.05) is 29.5 Å². The van der Waals surface area contributed by atoms with E-state index in [0.717, 1.165) is 28.1 Å². The number of benzene rings is 2. The summed E-state index contributed by atoms with van der Waals surface area (Å²) in [5.74, 6) is 0.936. The van der Waals surface area contributed by atoms with Gasteiger partial charge in [-0.05, 0) is 36.2 Å². The van der Waals surface area contributed by atoms with Crippen LogP contribution < -0.4 is 14.4 Å². The molecule has 9 heteroatoms. The SMILES string of the molecule is COCCn1c(=NC(=O)CSCC(=O)N2CCc3ccccc32)sc2cc(OC)ccc21. The maximum absolute atomic E-state index is 12.6. The Hall–Kier alpha value is -2.62. The van der Waals surface area contributed by atoms with Gasteiger partial charge in [0.05, 0.1) is 35.4 Å². The number of aromatic nitrogens is 1. The molecule has 0 fully saturated rings. The Bertz CT molecular complexity index is 1200. The number of thioether (sulfide) groups is 1. The summed E-state index contributed by atoms with van der Waals surface area (Å²) in [5.41, 5.74) is 3.16. The third kappa shape index (κ3) is 4.90. The average molecular weight is 472 g/mol. The average Bonchev–Trinajstić information content (AvgIpc) is 3.38. The van der Waals surface area contributed by atoms with Crippen LogP contribution in [0.1, 0.15) is 5.56 Å². The summed E-state index contributed by atoms with van der Waals surface area (Å²) in [6.07, 6.45) is 0.874. The lowest BCUT2D eigenvalue weighted by atomic mass is 10.2. The number of nitrogens with zero attached hydrogens (tertiary/aromatic N) is 3. The summed E-state index contributed by atoms with van der Waals surface area (Å²) >= 11 is 2.74. The van der Waals surface area contributed by atoms with Gasteiger partial charge in [0.1, 0.15) is 5.75 Å². The number of carbonyl (C=O) groups excluding carboxylic acids is 2. The number of hydrogen-bond acceptors (Lipinski definition) is 6. The lowest BCUT2D eigenvalue weighted by molar-refractivity contribution is -0.116. The van der Waals surface area contributed by atoms with Crippen LogP contribution in [0.25, 0.3) is 10.2 Å². The second kappa shape index (κ2) is 10.3. The highest BCUT2D eigenvalue weighted by molar-refractivity contribution is 8.00. The fourth-order valence-corrected chi connectivity index (χ4v) is 5.48. The number of fused-ring (bicyclic) bond motifs is 2. The molecule has 7 nitrogen and oxygen atoms in total. The van der Waals surface area contributed by atoms with Gasteiger partial charge in [-0.2, -0.15) is 4.99 Å². The van der Waals surface area contributed by atoms with Crippen molar-refractivity contribution >= 4 is 50.8 Å². The molecule has 1 aliphatic heterocycles. The number of methoxy groups -OCH3 is 2. The van der Waals surface area contributed by atoms with Crippen LogP contribution in [0, 0.1) is 0 Å². The summed E-state index contributed by atoms with van der Waals surface area (Å²) in [6, 6.07) is 13.8. The fourth-order valence-electron chi connectivity index (χ4n) is 3.70. The number of para-hydroxylation sites is 1. The Morgan fingerprint density at radius 2 is 2.00 bits per heavy atom. The lowest BCUT2D eigenvalue weighted by Crippen LogP contribution is -2.30. The van der Waals surface area contributed by atoms with Gasteiger partial charge in [0.15, 0.2) is 4.80 Å². The third-order valence-electron chi connectivity index (χ3n) is 5.27. The van der Waals surface area contributed by atoms with E-state index in [1.807, 2.05) is 45.9 Å². The second-order valence-electron chi connectivity index (χ2n) is 7.29. The molecule has 0 N–H and O–H groups in total. The van der Waals surface area contributed by atoms with Crippen LogP contribution in [0.15, 0.2) is 47.5 Å². The van der Waals surface area contributed by atoms with E-state index >= 15 is 0 Å². The molecule has 1 aliphatic rings. The van der Waals surface area contributed by atoms with E-state index in [2.05, 4.69) is 11.1 Å². The van der Waals surface area contributed by atoms with Crippen LogP contribution in [0.3, 0.4) is 0 Å². The maximum Gasteiger partial charge on any atom is 0.258 e. The second-order valence-corrected chi connectivity index (χ2v) is 9.28. The van der Waals surface area contributed by atoms with Crippen molar-refractivity contribution in [1.82, 2.24) is 4.57 Å². The van der Waals surface area contributed by atoms with Gasteiger partial charge < -0.3 is 18.9 Å². The summed E-state index contributed by atoms with van der Waals surface area (Å²) in [7, 11) is 3.27. The van der Waals surface area contributed by atoms with Gasteiger partial charge in [0, 0.05) is 25.9 Å². The Balaban J connectivity index is 1.43. The molecule has 2 aromatic carbocycles. The molecule has 0 saturated heterocycles. The predicted molar refractivity (Wildman–Crippen MR) is 129 cm³/mol. The molecule has 0 unspecified atom stereocenters. The Kier molecular flexibility index (Phi) is 7.29. The molecule has 2 heterocycles. The standard InChI is InChI=1S/C23H25N3O4S2/c1-29-12-11-26-19-8-7-17(30-2)13-20(19)32-23(26)24-21(27)14-31-15-22(28)25-10-9-16-5-3-4-6-18(16)25/h3-8,13H,9-12,14-15H2,1-2H3. The number of amides is 2. The summed E-state index contributed by atoms with van der Waals surface area (Å²) in [4.78, 5) is 32.0. The lowest BCUT2D eigenvalue weighted by Gasteiger charge is -2.16. The molecule has 4 rings (SSSR count). The number of anilines is 1. The molecular weight excluding hydrogens is 446 g/mol. The van der Waals surface area contributed by atoms with E-state index in [4.69, 9.17) is 9.47 Å². The van der Waals surface area contributed by atoms with Crippen LogP contribution in [0.5, 0.6) is 5.75 Å². The predicted octanol–water partition coefficient (Wildman–Crippen LogP) is 3.11. The van der Waals surface area contributed by atoms with E-state index in [9.17, 15) is 9.59 Å². The molecule has 0 saturated carbocycles. The molecule has 0 aliphatic carbocycles. The van der Waals surface area contributed by atoms with E-state index in [1.54, 1.807) is 14.2 Å². The number of thiazole rings is 1. The zero-order chi connectivity index (χ0) is 22.5. The first-order valence-corrected chi connectivity index (χ1v) is 12.3. The van der Waals surface area contributed by atoms with Gasteiger partial charge in [0.2, 0.25) is 5.91 Å². The normalized spacial score (nSPS) is 13.6. The molecule has 168 valence electrons. The Morgan fingerprint density at radius 1 is 1.16 bits per heavy atom. The van der Waals surface area contributed by atoms with Crippen LogP contribution in [0.2, 0.25) is 0 Å². The van der Waals surface area contributed by atoms with Crippen LogP contribution >= 0.6 is 23.1 Å². The topological polar surface area (TPSA) is 73.1 Å². The molecule has 0 bridgehead atoms. The number of rotatable bonds is 8. The third-order valence-corrected chi connectivity index (χ3v) is 7.21. The highest BCUT2D eigenvalue weighted by atomic mass is 32.2. The molecule has 0 atom stereocenters. The van der Waals surface area contributed by atoms with Gasteiger partial charge in [0.25, 0.3) is 5.91 Å². The first kappa shape index (κ1) is 22.6. The molecular formula is C23H25N3O4S2. The zero-order valence-corrected chi connectivity index (χ0v) is 19.7. The minimum atomic E-state index is -0.255. The van der Waals surface area contributed by atoms with Gasteiger partial charge in [-0.15, -0.1) is 11.8 Å². The molecule has 3 aromatic rings. The van der Waals surface area contributed by atoms with Gasteiger partial charge >= 0.3 is 0 Å². The van der Waals surface area contributed by atoms with Crippen LogP contribution in [-0.2, 0) is 27.3 Å². The number of carbonyl (C=O) groups is 2. The van der Waals surface area contributed by atoms with E-state index in [0.29, 0.717) is 24.5 Å². The summed E-state index contributed by atoms with van der Waals surface area (Å²) < 4.78 is 13.5. The van der Waals surface area contributed by atoms with Crippen molar-refractivity contribution in [3.8, 4) is 5.75 Å². The van der Waals surface area contributed by atoms with Crippen LogP contribution in [-0.4, -0.2) is 55.3 Å². The largest absolute Gasteiger partial charge is 0.497 e. The van der Waals surface area contributed by atoms with E-state index < -0.39 is 0 Å². The van der Waals surface area contributed by atoms with Gasteiger partial charge in [-0.3, -0.25) is 9.59 Å².